The van der Waals surface area contributed by atoms with Gasteiger partial charge >= 0.3 is 0 Å². The molecule has 0 saturated carbocycles. The van der Waals surface area contributed by atoms with Gasteiger partial charge in [-0.25, -0.2) is 0 Å². The minimum absolute atomic E-state index is 0.683. The van der Waals surface area contributed by atoms with Gasteiger partial charge in [0.1, 0.15) is 5.69 Å². The van der Waals surface area contributed by atoms with Gasteiger partial charge in [-0.1, -0.05) is 12.1 Å². The molecule has 1 heterocycles. The van der Waals surface area contributed by atoms with Crippen LogP contribution in [-0.2, 0) is 0 Å². The van der Waals surface area contributed by atoms with Crippen LogP contribution in [-0.4, -0.2) is 15.0 Å². The van der Waals surface area contributed by atoms with E-state index in [9.17, 15) is 0 Å². The monoisotopic (exact) mass is 188 g/mol. The third kappa shape index (κ3) is 1.35. The lowest BCUT2D eigenvalue weighted by Gasteiger charge is -2.02. The average molecular weight is 188 g/mol. The van der Waals surface area contributed by atoms with E-state index in [-0.39, 0.29) is 0 Å². The summed E-state index contributed by atoms with van der Waals surface area (Å²) in [6.45, 7) is 3.86. The van der Waals surface area contributed by atoms with Gasteiger partial charge < -0.3 is 5.73 Å². The Hall–Kier alpha value is -1.84. The van der Waals surface area contributed by atoms with E-state index in [2.05, 4.69) is 10.2 Å². The van der Waals surface area contributed by atoms with E-state index in [0.29, 0.717) is 5.69 Å². The molecule has 0 atom stereocenters. The Bertz CT molecular complexity index is 439. The molecular weight excluding hydrogens is 176 g/mol. The first-order chi connectivity index (χ1) is 6.68. The van der Waals surface area contributed by atoms with Crippen LogP contribution in [0.25, 0.3) is 5.69 Å². The van der Waals surface area contributed by atoms with Crippen LogP contribution in [0.3, 0.4) is 0 Å². The number of rotatable bonds is 1. The molecule has 4 heteroatoms. The van der Waals surface area contributed by atoms with E-state index in [0.717, 1.165) is 17.1 Å². The second-order valence-electron chi connectivity index (χ2n) is 3.22. The summed E-state index contributed by atoms with van der Waals surface area (Å²) in [5, 5.41) is 8.53. The smallest absolute Gasteiger partial charge is 0.109 e. The van der Waals surface area contributed by atoms with Gasteiger partial charge in [0.2, 0.25) is 0 Å². The van der Waals surface area contributed by atoms with Crippen molar-refractivity contribution in [2.45, 2.75) is 13.8 Å². The van der Waals surface area contributed by atoms with Crippen LogP contribution >= 0.6 is 0 Å². The van der Waals surface area contributed by atoms with Gasteiger partial charge in [-0.2, -0.15) is 10.2 Å². The molecule has 2 N–H and O–H groups in total. The third-order valence-corrected chi connectivity index (χ3v) is 2.17. The van der Waals surface area contributed by atoms with Crippen molar-refractivity contribution in [3.05, 3.63) is 35.7 Å². The minimum Gasteiger partial charge on any atom is -0.397 e. The summed E-state index contributed by atoms with van der Waals surface area (Å²) in [5.74, 6) is 0. The Kier molecular flexibility index (Phi) is 1.96. The van der Waals surface area contributed by atoms with Gasteiger partial charge in [-0.15, -0.1) is 4.80 Å². The van der Waals surface area contributed by atoms with Crippen molar-refractivity contribution in [3.8, 4) is 5.69 Å². The molecule has 0 spiro atoms. The molecule has 0 fully saturated rings. The second kappa shape index (κ2) is 3.14. The van der Waals surface area contributed by atoms with Crippen molar-refractivity contribution < 1.29 is 0 Å². The Labute approximate surface area is 82.4 Å². The molecule has 0 radical (unpaired) electrons. The number of nitrogen functional groups attached to an aromatic ring is 1. The van der Waals surface area contributed by atoms with Gasteiger partial charge in [0.25, 0.3) is 0 Å². The lowest BCUT2D eigenvalue weighted by atomic mass is 10.3. The van der Waals surface area contributed by atoms with Gasteiger partial charge in [0, 0.05) is 0 Å². The van der Waals surface area contributed by atoms with Gasteiger partial charge in [-0.3, -0.25) is 0 Å². The largest absolute Gasteiger partial charge is 0.397 e. The van der Waals surface area contributed by atoms with Crippen LogP contribution < -0.4 is 5.73 Å². The van der Waals surface area contributed by atoms with Crippen molar-refractivity contribution in [1.82, 2.24) is 15.0 Å². The fourth-order valence-electron chi connectivity index (χ4n) is 1.23. The molecule has 0 saturated heterocycles. The summed E-state index contributed by atoms with van der Waals surface area (Å²) < 4.78 is 0. The van der Waals surface area contributed by atoms with Crippen LogP contribution in [0.4, 0.5) is 5.69 Å². The quantitative estimate of drug-likeness (QED) is 0.689. The second-order valence-corrected chi connectivity index (χ2v) is 3.22. The number of benzene rings is 1. The molecule has 14 heavy (non-hydrogen) atoms. The first-order valence-corrected chi connectivity index (χ1v) is 4.44. The Balaban J connectivity index is 2.55. The molecule has 72 valence electrons. The molecular formula is C10H12N4. The van der Waals surface area contributed by atoms with Gasteiger partial charge in [0.05, 0.1) is 17.1 Å². The predicted molar refractivity (Wildman–Crippen MR) is 55.2 cm³/mol. The number of nitrogens with two attached hydrogens (primary N) is 1. The van der Waals surface area contributed by atoms with Gasteiger partial charge in [-0.05, 0) is 26.0 Å². The fraction of sp³-hybridized carbons (Fsp3) is 0.200. The lowest BCUT2D eigenvalue weighted by molar-refractivity contribution is 0.743. The molecule has 1 aromatic heterocycles. The fourth-order valence-corrected chi connectivity index (χ4v) is 1.23. The lowest BCUT2D eigenvalue weighted by Crippen LogP contribution is -2.02. The molecule has 0 unspecified atom stereocenters. The van der Waals surface area contributed by atoms with Crippen molar-refractivity contribution in [1.29, 1.82) is 0 Å². The minimum atomic E-state index is 0.683. The first kappa shape index (κ1) is 8.74. The molecule has 2 aromatic rings. The highest BCUT2D eigenvalue weighted by Gasteiger charge is 2.05. The highest BCUT2D eigenvalue weighted by Crippen LogP contribution is 2.14. The Morgan fingerprint density at radius 1 is 1.07 bits per heavy atom. The number of para-hydroxylation sites is 2. The van der Waals surface area contributed by atoms with Crippen molar-refractivity contribution in [3.63, 3.8) is 0 Å². The SMILES string of the molecule is Cc1nn(-c2ccccc2N)nc1C. The molecule has 0 aliphatic carbocycles. The van der Waals surface area contributed by atoms with Crippen LogP contribution in [0.5, 0.6) is 0 Å². The maximum absolute atomic E-state index is 5.81. The van der Waals surface area contributed by atoms with Gasteiger partial charge in [0.15, 0.2) is 0 Å². The zero-order chi connectivity index (χ0) is 10.1. The number of hydrogen-bond donors (Lipinski definition) is 1. The highest BCUT2D eigenvalue weighted by molar-refractivity contribution is 5.56. The maximum Gasteiger partial charge on any atom is 0.109 e. The van der Waals surface area contributed by atoms with E-state index < -0.39 is 0 Å². The van der Waals surface area contributed by atoms with Crippen LogP contribution in [0.1, 0.15) is 11.4 Å². The molecule has 1 aromatic carbocycles. The summed E-state index contributed by atoms with van der Waals surface area (Å²) in [4.78, 5) is 1.57. The van der Waals surface area contributed by atoms with Crippen molar-refractivity contribution in [2.24, 2.45) is 0 Å². The van der Waals surface area contributed by atoms with E-state index in [4.69, 9.17) is 5.73 Å². The summed E-state index contributed by atoms with van der Waals surface area (Å²) in [7, 11) is 0. The van der Waals surface area contributed by atoms with E-state index in [1.165, 1.54) is 0 Å². The maximum atomic E-state index is 5.81. The summed E-state index contributed by atoms with van der Waals surface area (Å²) >= 11 is 0. The summed E-state index contributed by atoms with van der Waals surface area (Å²) in [6.07, 6.45) is 0. The first-order valence-electron chi connectivity index (χ1n) is 4.44. The van der Waals surface area contributed by atoms with E-state index >= 15 is 0 Å². The zero-order valence-corrected chi connectivity index (χ0v) is 8.23. The predicted octanol–water partition coefficient (Wildman–Crippen LogP) is 1.47. The summed E-state index contributed by atoms with van der Waals surface area (Å²) in [5.41, 5.74) is 9.17. The number of hydrogen-bond acceptors (Lipinski definition) is 3. The molecule has 2 rings (SSSR count). The van der Waals surface area contributed by atoms with Crippen LogP contribution in [0.2, 0.25) is 0 Å². The Morgan fingerprint density at radius 3 is 2.21 bits per heavy atom. The number of nitrogens with zero attached hydrogens (tertiary/aromatic N) is 3. The molecule has 0 aliphatic heterocycles. The van der Waals surface area contributed by atoms with E-state index in [1.54, 1.807) is 4.80 Å². The topological polar surface area (TPSA) is 56.7 Å². The number of aromatic nitrogens is 3. The van der Waals surface area contributed by atoms with E-state index in [1.807, 2.05) is 38.1 Å². The summed E-state index contributed by atoms with van der Waals surface area (Å²) in [6, 6.07) is 7.54. The highest BCUT2D eigenvalue weighted by atomic mass is 15.5. The average Bonchev–Trinajstić information content (AvgIpc) is 2.48. The normalized spacial score (nSPS) is 10.4. The van der Waals surface area contributed by atoms with Crippen LogP contribution in [0.15, 0.2) is 24.3 Å². The van der Waals surface area contributed by atoms with Crippen molar-refractivity contribution in [2.75, 3.05) is 5.73 Å². The Morgan fingerprint density at radius 2 is 1.64 bits per heavy atom. The van der Waals surface area contributed by atoms with Crippen LogP contribution in [0, 0.1) is 13.8 Å². The zero-order valence-electron chi connectivity index (χ0n) is 8.23. The number of aryl methyl sites for hydroxylation is 2. The third-order valence-electron chi connectivity index (χ3n) is 2.17. The molecule has 0 bridgehead atoms. The molecule has 0 aliphatic rings. The van der Waals surface area contributed by atoms with Crippen molar-refractivity contribution >= 4 is 5.69 Å². The standard InChI is InChI=1S/C10H12N4/c1-7-8(2)13-14(12-7)10-6-4-3-5-9(10)11/h3-6H,11H2,1-2H3. The molecule has 4 nitrogen and oxygen atoms in total. The number of anilines is 1. The molecule has 0 amide bonds.